The van der Waals surface area contributed by atoms with Gasteiger partial charge in [0.15, 0.2) is 12.0 Å². The van der Waals surface area contributed by atoms with Gasteiger partial charge in [0.05, 0.1) is 11.3 Å². The Balaban J connectivity index is 1.35. The van der Waals surface area contributed by atoms with Gasteiger partial charge < -0.3 is 20.8 Å². The normalized spacial score (nSPS) is 21.6. The monoisotopic (exact) mass is 507 g/mol. The number of aliphatic hydroxyl groups is 2. The third kappa shape index (κ3) is 4.23. The number of hydrogen-bond acceptors (Lipinski definition) is 9. The number of fused-ring (bicyclic) bond motifs is 2. The molecule has 3 aromatic rings. The lowest BCUT2D eigenvalue weighted by Crippen LogP contribution is -2.49. The van der Waals surface area contributed by atoms with Crippen LogP contribution in [0.5, 0.6) is 0 Å². The Labute approximate surface area is 212 Å². The molecule has 0 saturated heterocycles. The lowest BCUT2D eigenvalue weighted by molar-refractivity contribution is -0.212. The third-order valence-corrected chi connectivity index (χ3v) is 7.01. The average Bonchev–Trinajstić information content (AvgIpc) is 3.14. The van der Waals surface area contributed by atoms with Crippen LogP contribution in [-0.4, -0.2) is 49.2 Å². The molecule has 1 aromatic carbocycles. The highest BCUT2D eigenvalue weighted by Gasteiger charge is 2.57. The van der Waals surface area contributed by atoms with Crippen molar-refractivity contribution in [3.63, 3.8) is 0 Å². The predicted octanol–water partition coefficient (Wildman–Crippen LogP) is 3.42. The first-order valence-corrected chi connectivity index (χ1v) is 12.2. The maximum absolute atomic E-state index is 13.6. The molecule has 2 aliphatic heterocycles. The number of hydrazine groups is 1. The van der Waals surface area contributed by atoms with E-state index in [1.165, 1.54) is 17.2 Å². The summed E-state index contributed by atoms with van der Waals surface area (Å²) in [5.41, 5.74) is 2.28. The second-order valence-corrected chi connectivity index (χ2v) is 9.73. The van der Waals surface area contributed by atoms with Crippen LogP contribution in [0.4, 0.5) is 32.1 Å². The molecule has 0 spiro atoms. The van der Waals surface area contributed by atoms with Crippen LogP contribution in [0.25, 0.3) is 0 Å². The Hall–Kier alpha value is -3.51. The molecular weight excluding hydrogens is 480 g/mol. The molecule has 0 amide bonds. The van der Waals surface area contributed by atoms with Crippen molar-refractivity contribution < 1.29 is 19.0 Å². The Kier molecular flexibility index (Phi) is 5.68. The predicted molar refractivity (Wildman–Crippen MR) is 133 cm³/mol. The zero-order valence-corrected chi connectivity index (χ0v) is 20.0. The van der Waals surface area contributed by atoms with Gasteiger partial charge in [-0.05, 0) is 48.4 Å². The number of nitrogens with one attached hydrogen (secondary N) is 2. The number of nitrogens with zero attached hydrogens (tertiary/aromatic N) is 5. The number of pyridine rings is 1. The molecule has 4 heterocycles. The van der Waals surface area contributed by atoms with Crippen molar-refractivity contribution in [2.75, 3.05) is 23.4 Å². The smallest absolute Gasteiger partial charge is 0.254 e. The van der Waals surface area contributed by atoms with E-state index in [-0.39, 0.29) is 12.2 Å². The maximum Gasteiger partial charge on any atom is 0.254 e. The number of alkyl halides is 2. The number of aromatic nitrogens is 3. The van der Waals surface area contributed by atoms with Crippen LogP contribution in [0.15, 0.2) is 55.3 Å². The largest absolute Gasteiger partial charge is 0.383 e. The van der Waals surface area contributed by atoms with Crippen LogP contribution in [-0.2, 0) is 18.6 Å². The second-order valence-electron chi connectivity index (χ2n) is 9.73. The summed E-state index contributed by atoms with van der Waals surface area (Å²) in [6, 6.07) is 11.0. The second kappa shape index (κ2) is 8.80. The van der Waals surface area contributed by atoms with Crippen molar-refractivity contribution >= 4 is 23.3 Å². The number of benzene rings is 1. The first-order valence-electron chi connectivity index (χ1n) is 12.2. The molecule has 1 aliphatic carbocycles. The summed E-state index contributed by atoms with van der Waals surface area (Å²) in [7, 11) is 0. The molecule has 0 bridgehead atoms. The van der Waals surface area contributed by atoms with Crippen LogP contribution >= 0.6 is 0 Å². The zero-order chi connectivity index (χ0) is 25.8. The number of anilines is 4. The van der Waals surface area contributed by atoms with Gasteiger partial charge >= 0.3 is 0 Å². The van der Waals surface area contributed by atoms with Crippen LogP contribution in [0.3, 0.4) is 0 Å². The Morgan fingerprint density at radius 2 is 2.03 bits per heavy atom. The summed E-state index contributed by atoms with van der Waals surface area (Å²) in [5, 5.41) is 31.5. The third-order valence-electron chi connectivity index (χ3n) is 7.01. The minimum absolute atomic E-state index is 0.147. The zero-order valence-electron chi connectivity index (χ0n) is 20.0. The van der Waals surface area contributed by atoms with Gasteiger partial charge in [0, 0.05) is 37.8 Å². The molecule has 11 heteroatoms. The number of rotatable bonds is 6. The Bertz CT molecular complexity index is 1360. The molecule has 1 saturated carbocycles. The first kappa shape index (κ1) is 23.9. The molecule has 37 heavy (non-hydrogen) atoms. The van der Waals surface area contributed by atoms with E-state index in [0.717, 1.165) is 25.2 Å². The van der Waals surface area contributed by atoms with Crippen molar-refractivity contribution in [3.8, 4) is 0 Å². The van der Waals surface area contributed by atoms with Crippen molar-refractivity contribution in [1.29, 1.82) is 0 Å². The minimum Gasteiger partial charge on any atom is -0.383 e. The molecule has 0 radical (unpaired) electrons. The van der Waals surface area contributed by atoms with Crippen LogP contribution in [0.2, 0.25) is 0 Å². The van der Waals surface area contributed by atoms with Crippen molar-refractivity contribution in [2.45, 2.75) is 43.6 Å². The summed E-state index contributed by atoms with van der Waals surface area (Å²) in [6.07, 6.45) is 1.68. The standard InChI is InChI=1S/C26H27F2N7O2/c1-2-10-34-23(36)19-13-30-24(31-18-7-6-17-12-29-9-8-16(17)11-18)33-22(19)35(34)21-5-3-4-20(32-21)25(37)14-26(27,28)15-25/h2-7,11,13,23,29,36-37H,1,8-10,12,14-15H2,(H,30,31,33). The van der Waals surface area contributed by atoms with Gasteiger partial charge in [-0.25, -0.2) is 23.8 Å². The van der Waals surface area contributed by atoms with E-state index < -0.39 is 30.6 Å². The molecule has 4 N–H and O–H groups in total. The van der Waals surface area contributed by atoms with E-state index in [0.29, 0.717) is 23.1 Å². The fourth-order valence-electron chi connectivity index (χ4n) is 5.21. The molecule has 9 nitrogen and oxygen atoms in total. The fraction of sp³-hybridized carbons (Fsp3) is 0.346. The summed E-state index contributed by atoms with van der Waals surface area (Å²) >= 11 is 0. The summed E-state index contributed by atoms with van der Waals surface area (Å²) in [4.78, 5) is 13.6. The molecule has 192 valence electrons. The quantitative estimate of drug-likeness (QED) is 0.373. The van der Waals surface area contributed by atoms with Crippen molar-refractivity contribution in [1.82, 2.24) is 25.3 Å². The molecule has 1 atom stereocenters. The number of aliphatic hydroxyl groups excluding tert-OH is 1. The Morgan fingerprint density at radius 3 is 2.81 bits per heavy atom. The van der Waals surface area contributed by atoms with Gasteiger partial charge in [0.2, 0.25) is 5.95 Å². The van der Waals surface area contributed by atoms with E-state index in [9.17, 15) is 19.0 Å². The number of halogens is 2. The topological polar surface area (TPSA) is 110 Å². The fourth-order valence-corrected chi connectivity index (χ4v) is 5.21. The minimum atomic E-state index is -2.92. The SMILES string of the molecule is C=CCN1C(O)c2cnc(Nc3ccc4c(c3)CCNC4)nc2N1c1cccc(C2(O)CC(F)(F)C2)n1. The van der Waals surface area contributed by atoms with Gasteiger partial charge in [-0.15, -0.1) is 6.58 Å². The van der Waals surface area contributed by atoms with E-state index >= 15 is 0 Å². The van der Waals surface area contributed by atoms with E-state index in [2.05, 4.69) is 44.3 Å². The molecule has 1 fully saturated rings. The lowest BCUT2D eigenvalue weighted by Gasteiger charge is -2.43. The van der Waals surface area contributed by atoms with Gasteiger partial charge in [0.25, 0.3) is 5.92 Å². The van der Waals surface area contributed by atoms with Crippen molar-refractivity contribution in [2.24, 2.45) is 0 Å². The highest BCUT2D eigenvalue weighted by molar-refractivity contribution is 5.65. The average molecular weight is 508 g/mol. The van der Waals surface area contributed by atoms with Crippen LogP contribution in [0, 0.1) is 0 Å². The van der Waals surface area contributed by atoms with Gasteiger partial charge in [0.1, 0.15) is 11.4 Å². The van der Waals surface area contributed by atoms with Gasteiger partial charge in [-0.1, -0.05) is 18.2 Å². The molecule has 2 aromatic heterocycles. The molecule has 1 unspecified atom stereocenters. The number of hydrogen-bond donors (Lipinski definition) is 4. The summed E-state index contributed by atoms with van der Waals surface area (Å²) in [5.74, 6) is -1.87. The van der Waals surface area contributed by atoms with Crippen LogP contribution < -0.4 is 15.6 Å². The van der Waals surface area contributed by atoms with Crippen molar-refractivity contribution in [3.05, 3.63) is 77.6 Å². The lowest BCUT2D eigenvalue weighted by atomic mass is 9.74. The molecular formula is C26H27F2N7O2. The van der Waals surface area contributed by atoms with Crippen LogP contribution in [0.1, 0.15) is 41.5 Å². The summed E-state index contributed by atoms with van der Waals surface area (Å²) in [6.45, 7) is 5.80. The Morgan fingerprint density at radius 1 is 1.19 bits per heavy atom. The maximum atomic E-state index is 13.6. The van der Waals surface area contributed by atoms with E-state index in [1.807, 2.05) is 6.07 Å². The highest BCUT2D eigenvalue weighted by atomic mass is 19.3. The molecule has 6 rings (SSSR count). The first-order chi connectivity index (χ1) is 17.8. The highest BCUT2D eigenvalue weighted by Crippen LogP contribution is 2.51. The van der Waals surface area contributed by atoms with Gasteiger partial charge in [-0.2, -0.15) is 9.99 Å². The van der Waals surface area contributed by atoms with Gasteiger partial charge in [-0.3, -0.25) is 0 Å². The van der Waals surface area contributed by atoms with E-state index in [1.54, 1.807) is 34.4 Å². The van der Waals surface area contributed by atoms with E-state index in [4.69, 9.17) is 0 Å². The molecule has 3 aliphatic rings. The summed E-state index contributed by atoms with van der Waals surface area (Å²) < 4.78 is 27.1.